The number of piperidine rings is 1. The Balaban J connectivity index is 1.43. The summed E-state index contributed by atoms with van der Waals surface area (Å²) in [6.07, 6.45) is 1.03. The molecule has 0 atom stereocenters. The Morgan fingerprint density at radius 3 is 2.14 bits per heavy atom. The van der Waals surface area contributed by atoms with Crippen molar-refractivity contribution in [2.45, 2.75) is 76.6 Å². The molecule has 0 aromatic heterocycles. The topological polar surface area (TPSA) is 53.1 Å². The summed E-state index contributed by atoms with van der Waals surface area (Å²) >= 11 is 0. The Bertz CT molecular complexity index is 1150. The van der Waals surface area contributed by atoms with Crippen molar-refractivity contribution in [2.75, 3.05) is 26.2 Å². The molecule has 6 nitrogen and oxygen atoms in total. The summed E-state index contributed by atoms with van der Waals surface area (Å²) in [6.45, 7) is 1.84. The van der Waals surface area contributed by atoms with Gasteiger partial charge < -0.3 is 14.6 Å². The van der Waals surface area contributed by atoms with E-state index in [1.807, 2.05) is 18.2 Å². The lowest BCUT2D eigenvalue weighted by atomic mass is 9.90. The van der Waals surface area contributed by atoms with E-state index in [1.165, 1.54) is 11.6 Å². The van der Waals surface area contributed by atoms with Crippen LogP contribution in [0.5, 0.6) is 0 Å². The lowest BCUT2D eigenvalue weighted by Gasteiger charge is -2.36. The molecule has 2 aromatic carbocycles. The third-order valence-corrected chi connectivity index (χ3v) is 8.17. The summed E-state index contributed by atoms with van der Waals surface area (Å²) in [5.41, 5.74) is 0.928. The number of likely N-dealkylation sites (tertiary alicyclic amines) is 1. The average Bonchev–Trinajstić information content (AvgIpc) is 2.98. The van der Waals surface area contributed by atoms with Gasteiger partial charge in [-0.3, -0.25) is 0 Å². The predicted octanol–water partition coefficient (Wildman–Crippen LogP) is 6.89. The van der Waals surface area contributed by atoms with Crippen molar-refractivity contribution >= 4 is 12.0 Å². The molecule has 0 spiro atoms. The fourth-order valence-electron chi connectivity index (χ4n) is 5.83. The zero-order valence-corrected chi connectivity index (χ0v) is 23.6. The molecule has 2 amide bonds. The van der Waals surface area contributed by atoms with Crippen LogP contribution in [-0.2, 0) is 22.6 Å². The third-order valence-electron chi connectivity index (χ3n) is 8.17. The molecule has 1 heterocycles. The number of amides is 2. The van der Waals surface area contributed by atoms with Crippen LogP contribution >= 0.6 is 0 Å². The molecule has 0 bridgehead atoms. The number of hydrogen-bond acceptors (Lipinski definition) is 4. The Hall–Kier alpha value is -3.21. The summed E-state index contributed by atoms with van der Waals surface area (Å²) in [5.74, 6) is -3.68. The monoisotopic (exact) mass is 595 g/mol. The predicted molar refractivity (Wildman–Crippen MR) is 147 cm³/mol. The highest BCUT2D eigenvalue weighted by Crippen LogP contribution is 2.28. The van der Waals surface area contributed by atoms with Gasteiger partial charge >= 0.3 is 18.2 Å². The van der Waals surface area contributed by atoms with E-state index in [9.17, 15) is 31.5 Å². The van der Waals surface area contributed by atoms with E-state index >= 15 is 0 Å². The molecule has 0 unspecified atom stereocenters. The molecular weight excluding hydrogens is 557 g/mol. The molecule has 1 saturated heterocycles. The van der Waals surface area contributed by atoms with Gasteiger partial charge in [-0.2, -0.15) is 13.2 Å². The highest BCUT2D eigenvalue weighted by atomic mass is 19.4. The van der Waals surface area contributed by atoms with Gasteiger partial charge in [-0.05, 0) is 81.8 Å². The van der Waals surface area contributed by atoms with Crippen LogP contribution in [0, 0.1) is 17.6 Å². The molecule has 11 heteroatoms. The van der Waals surface area contributed by atoms with Gasteiger partial charge in [0.15, 0.2) is 0 Å². The van der Waals surface area contributed by atoms with Gasteiger partial charge in [0, 0.05) is 12.1 Å². The first-order chi connectivity index (χ1) is 20.1. The number of hydrogen-bond donors (Lipinski definition) is 0. The molecule has 2 fully saturated rings. The van der Waals surface area contributed by atoms with Crippen LogP contribution in [0.2, 0.25) is 0 Å². The van der Waals surface area contributed by atoms with Gasteiger partial charge in [-0.25, -0.2) is 18.4 Å². The smallest absolute Gasteiger partial charge is 0.328 e. The van der Waals surface area contributed by atoms with E-state index in [4.69, 9.17) is 0 Å². The Morgan fingerprint density at radius 2 is 1.52 bits per heavy atom. The molecule has 0 radical (unpaired) electrons. The van der Waals surface area contributed by atoms with E-state index in [-0.39, 0.29) is 12.1 Å². The van der Waals surface area contributed by atoms with Crippen LogP contribution in [0.4, 0.5) is 26.7 Å². The Morgan fingerprint density at radius 1 is 0.881 bits per heavy atom. The van der Waals surface area contributed by atoms with Gasteiger partial charge in [0.2, 0.25) is 0 Å². The standard InChI is InChI=1S/C31H38F5N3O3/c32-27-13-7-14-28(33)26(27)22-38(30(41)39(25-11-5-2-6-12-25)42-29(40)31(34,35)36)18-8-17-37-19-15-24(16-20-37)21-23-9-3-1-4-10-23/h1,3-4,7,9-10,13-14,24-25H,2,5-6,8,11-12,15-22H2. The second kappa shape index (κ2) is 14.8. The molecule has 42 heavy (non-hydrogen) atoms. The quantitative estimate of drug-likeness (QED) is 0.234. The normalized spacial score (nSPS) is 17.2. The number of halogens is 5. The van der Waals surface area contributed by atoms with Crippen LogP contribution in [0.15, 0.2) is 48.5 Å². The number of benzene rings is 2. The minimum atomic E-state index is -5.30. The van der Waals surface area contributed by atoms with Gasteiger partial charge in [0.1, 0.15) is 11.6 Å². The largest absolute Gasteiger partial charge is 0.493 e. The Labute approximate surface area is 243 Å². The van der Waals surface area contributed by atoms with Gasteiger partial charge in [-0.1, -0.05) is 55.7 Å². The maximum Gasteiger partial charge on any atom is 0.493 e. The van der Waals surface area contributed by atoms with Crippen molar-refractivity contribution in [2.24, 2.45) is 5.92 Å². The third kappa shape index (κ3) is 8.89. The van der Waals surface area contributed by atoms with E-state index in [0.29, 0.717) is 49.6 Å². The van der Waals surface area contributed by atoms with Gasteiger partial charge in [-0.15, -0.1) is 5.06 Å². The number of urea groups is 1. The first kappa shape index (κ1) is 31.7. The van der Waals surface area contributed by atoms with E-state index in [2.05, 4.69) is 21.9 Å². The van der Waals surface area contributed by atoms with Crippen molar-refractivity contribution in [1.82, 2.24) is 14.9 Å². The summed E-state index contributed by atoms with van der Waals surface area (Å²) in [4.78, 5) is 33.4. The minimum Gasteiger partial charge on any atom is -0.328 e. The van der Waals surface area contributed by atoms with Crippen molar-refractivity contribution in [1.29, 1.82) is 0 Å². The molecule has 230 valence electrons. The summed E-state index contributed by atoms with van der Waals surface area (Å²) in [6, 6.07) is 11.9. The Kier molecular flexibility index (Phi) is 11.2. The van der Waals surface area contributed by atoms with Gasteiger partial charge in [0.25, 0.3) is 0 Å². The first-order valence-electron chi connectivity index (χ1n) is 14.7. The van der Waals surface area contributed by atoms with Crippen LogP contribution in [-0.4, -0.2) is 65.3 Å². The summed E-state index contributed by atoms with van der Waals surface area (Å²) in [7, 11) is 0. The molecule has 4 rings (SSSR count). The molecule has 2 aliphatic rings. The molecule has 1 aliphatic carbocycles. The molecule has 2 aromatic rings. The fourth-order valence-corrected chi connectivity index (χ4v) is 5.83. The maximum atomic E-state index is 14.6. The van der Waals surface area contributed by atoms with Crippen LogP contribution in [0.3, 0.4) is 0 Å². The molecule has 0 N–H and O–H groups in total. The molecular formula is C31H38F5N3O3. The van der Waals surface area contributed by atoms with Crippen molar-refractivity contribution in [3.63, 3.8) is 0 Å². The second-order valence-electron chi connectivity index (χ2n) is 11.2. The van der Waals surface area contributed by atoms with Crippen molar-refractivity contribution in [3.05, 3.63) is 71.3 Å². The molecule has 1 aliphatic heterocycles. The number of rotatable bonds is 9. The van der Waals surface area contributed by atoms with Crippen LogP contribution in [0.25, 0.3) is 0 Å². The lowest BCUT2D eigenvalue weighted by molar-refractivity contribution is -0.236. The second-order valence-corrected chi connectivity index (χ2v) is 11.2. The van der Waals surface area contributed by atoms with Gasteiger partial charge in [0.05, 0.1) is 12.6 Å². The highest BCUT2D eigenvalue weighted by Gasteiger charge is 2.45. The average molecular weight is 596 g/mol. The summed E-state index contributed by atoms with van der Waals surface area (Å²) in [5, 5.41) is 0.489. The number of nitrogens with zero attached hydrogens (tertiary/aromatic N) is 3. The highest BCUT2D eigenvalue weighted by molar-refractivity contribution is 5.79. The van der Waals surface area contributed by atoms with Crippen molar-refractivity contribution < 1.29 is 36.4 Å². The minimum absolute atomic E-state index is 0.0172. The maximum absolute atomic E-state index is 14.6. The van der Waals surface area contributed by atoms with Crippen LogP contribution < -0.4 is 0 Å². The van der Waals surface area contributed by atoms with E-state index < -0.39 is 42.4 Å². The number of alkyl halides is 3. The lowest BCUT2D eigenvalue weighted by Crippen LogP contribution is -2.51. The zero-order chi connectivity index (χ0) is 30.1. The summed E-state index contributed by atoms with van der Waals surface area (Å²) < 4.78 is 68.5. The number of carbonyl (C=O) groups excluding carboxylic acids is 2. The zero-order valence-electron chi connectivity index (χ0n) is 23.6. The van der Waals surface area contributed by atoms with E-state index in [0.717, 1.165) is 55.8 Å². The number of hydroxylamine groups is 2. The number of carbonyl (C=O) groups is 2. The SMILES string of the molecule is O=C(N(CCCN1CCC(Cc2ccccc2)CC1)Cc1c(F)cccc1F)N(OC(=O)C(F)(F)F)C1CCCCC1. The van der Waals surface area contributed by atoms with E-state index in [1.54, 1.807) is 0 Å². The van der Waals surface area contributed by atoms with Crippen molar-refractivity contribution in [3.8, 4) is 0 Å². The van der Waals surface area contributed by atoms with Crippen LogP contribution in [0.1, 0.15) is 62.5 Å². The molecule has 1 saturated carbocycles. The first-order valence-corrected chi connectivity index (χ1v) is 14.7. The fraction of sp³-hybridized carbons (Fsp3) is 0.548.